The molecule has 3 unspecified atom stereocenters. The van der Waals surface area contributed by atoms with Gasteiger partial charge in [-0.05, 0) is 26.7 Å². The summed E-state index contributed by atoms with van der Waals surface area (Å²) in [5.41, 5.74) is 0. The highest BCUT2D eigenvalue weighted by atomic mass is 16.5. The fraction of sp³-hybridized carbons (Fsp3) is 0.818. The van der Waals surface area contributed by atoms with Gasteiger partial charge < -0.3 is 15.4 Å². The Balaban J connectivity index is 2.34. The second-order valence-corrected chi connectivity index (χ2v) is 4.36. The number of rotatable bonds is 3. The first-order valence-electron chi connectivity index (χ1n) is 5.93. The van der Waals surface area contributed by atoms with Crippen LogP contribution >= 0.6 is 0 Å². The molecule has 3 amide bonds. The summed E-state index contributed by atoms with van der Waals surface area (Å²) in [4.78, 5) is 22.6. The first-order chi connectivity index (χ1) is 8.02. The van der Waals surface area contributed by atoms with Crippen molar-refractivity contribution in [2.75, 3.05) is 13.7 Å². The van der Waals surface area contributed by atoms with Crippen molar-refractivity contribution in [1.29, 1.82) is 0 Å². The smallest absolute Gasteiger partial charge is 0.321 e. The molecule has 0 aliphatic carbocycles. The molecule has 98 valence electrons. The zero-order valence-electron chi connectivity index (χ0n) is 10.6. The molecule has 17 heavy (non-hydrogen) atoms. The standard InChI is InChI=1S/C11H21N3O3/c1-7-6-9(4-5-17-7)13-8(2)10(15)14-11(16)12-3/h7-9,13H,4-6H2,1-3H3,(H2,12,14,15,16). The molecule has 0 saturated carbocycles. The number of carbonyl (C=O) groups excluding carboxylic acids is 2. The Hall–Kier alpha value is -1.14. The lowest BCUT2D eigenvalue weighted by Crippen LogP contribution is -2.51. The zero-order valence-corrected chi connectivity index (χ0v) is 10.6. The highest BCUT2D eigenvalue weighted by molar-refractivity contribution is 5.96. The summed E-state index contributed by atoms with van der Waals surface area (Å²) in [5.74, 6) is -0.316. The number of hydrogen-bond acceptors (Lipinski definition) is 4. The van der Waals surface area contributed by atoms with Gasteiger partial charge in [0.2, 0.25) is 5.91 Å². The first kappa shape index (κ1) is 13.9. The average Bonchev–Trinajstić information content (AvgIpc) is 2.28. The summed E-state index contributed by atoms with van der Waals surface area (Å²) in [6.07, 6.45) is 2.00. The molecule has 6 heteroatoms. The van der Waals surface area contributed by atoms with Crippen LogP contribution < -0.4 is 16.0 Å². The summed E-state index contributed by atoms with van der Waals surface area (Å²) in [6, 6.07) is -0.601. The van der Waals surface area contributed by atoms with E-state index in [1.165, 1.54) is 7.05 Å². The number of hydrogen-bond donors (Lipinski definition) is 3. The molecule has 0 bridgehead atoms. The van der Waals surface area contributed by atoms with Gasteiger partial charge in [-0.3, -0.25) is 10.1 Å². The van der Waals surface area contributed by atoms with Crippen LogP contribution in [0.3, 0.4) is 0 Å². The van der Waals surface area contributed by atoms with Crippen LogP contribution in [0.5, 0.6) is 0 Å². The molecule has 1 heterocycles. The van der Waals surface area contributed by atoms with E-state index in [1.54, 1.807) is 6.92 Å². The van der Waals surface area contributed by atoms with Gasteiger partial charge in [0.1, 0.15) is 0 Å². The van der Waals surface area contributed by atoms with E-state index >= 15 is 0 Å². The van der Waals surface area contributed by atoms with Crippen molar-refractivity contribution >= 4 is 11.9 Å². The van der Waals surface area contributed by atoms with E-state index < -0.39 is 6.03 Å². The van der Waals surface area contributed by atoms with Crippen LogP contribution in [0.2, 0.25) is 0 Å². The van der Waals surface area contributed by atoms with Crippen molar-refractivity contribution in [3.63, 3.8) is 0 Å². The Labute approximate surface area is 101 Å². The lowest BCUT2D eigenvalue weighted by molar-refractivity contribution is -0.122. The van der Waals surface area contributed by atoms with E-state index in [2.05, 4.69) is 16.0 Å². The van der Waals surface area contributed by atoms with Gasteiger partial charge in [-0.1, -0.05) is 0 Å². The third kappa shape index (κ3) is 4.70. The molecule has 6 nitrogen and oxygen atoms in total. The predicted molar refractivity (Wildman–Crippen MR) is 63.6 cm³/mol. The fourth-order valence-electron chi connectivity index (χ4n) is 1.86. The van der Waals surface area contributed by atoms with Gasteiger partial charge in [-0.2, -0.15) is 0 Å². The Morgan fingerprint density at radius 1 is 1.41 bits per heavy atom. The summed E-state index contributed by atoms with van der Waals surface area (Å²) in [5, 5.41) is 7.80. The largest absolute Gasteiger partial charge is 0.378 e. The maximum Gasteiger partial charge on any atom is 0.321 e. The van der Waals surface area contributed by atoms with Crippen molar-refractivity contribution in [2.45, 2.75) is 44.9 Å². The minimum absolute atomic E-state index is 0.218. The van der Waals surface area contributed by atoms with Gasteiger partial charge in [0.05, 0.1) is 12.1 Å². The molecular weight excluding hydrogens is 222 g/mol. The van der Waals surface area contributed by atoms with E-state index in [9.17, 15) is 9.59 Å². The van der Waals surface area contributed by atoms with Crippen molar-refractivity contribution in [2.24, 2.45) is 0 Å². The highest BCUT2D eigenvalue weighted by Gasteiger charge is 2.23. The maximum absolute atomic E-state index is 11.6. The van der Waals surface area contributed by atoms with Crippen LogP contribution in [-0.2, 0) is 9.53 Å². The van der Waals surface area contributed by atoms with Gasteiger partial charge in [0.25, 0.3) is 0 Å². The predicted octanol–water partition coefficient (Wildman–Crippen LogP) is -0.0124. The number of nitrogens with one attached hydrogen (secondary N) is 3. The number of carbonyl (C=O) groups is 2. The molecule has 1 rings (SSSR count). The third-order valence-corrected chi connectivity index (χ3v) is 2.83. The van der Waals surface area contributed by atoms with Crippen LogP contribution in [0.1, 0.15) is 26.7 Å². The molecule has 1 saturated heterocycles. The number of amides is 3. The van der Waals surface area contributed by atoms with Crippen LogP contribution in [0.15, 0.2) is 0 Å². The molecule has 0 aromatic rings. The SMILES string of the molecule is CNC(=O)NC(=O)C(C)NC1CCOC(C)C1. The number of imide groups is 1. The first-order valence-corrected chi connectivity index (χ1v) is 5.93. The average molecular weight is 243 g/mol. The van der Waals surface area contributed by atoms with Gasteiger partial charge in [0.15, 0.2) is 0 Å². The summed E-state index contributed by atoms with van der Waals surface area (Å²) < 4.78 is 5.43. The van der Waals surface area contributed by atoms with Crippen molar-refractivity contribution in [3.8, 4) is 0 Å². The lowest BCUT2D eigenvalue weighted by Gasteiger charge is -2.29. The molecule has 0 aromatic carbocycles. The van der Waals surface area contributed by atoms with Gasteiger partial charge in [-0.25, -0.2) is 4.79 Å². The van der Waals surface area contributed by atoms with Crippen LogP contribution in [0, 0.1) is 0 Å². The normalized spacial score (nSPS) is 26.1. The van der Waals surface area contributed by atoms with Crippen molar-refractivity contribution in [1.82, 2.24) is 16.0 Å². The van der Waals surface area contributed by atoms with Crippen molar-refractivity contribution in [3.05, 3.63) is 0 Å². The minimum atomic E-state index is -0.482. The minimum Gasteiger partial charge on any atom is -0.378 e. The molecule has 1 fully saturated rings. The molecule has 0 aromatic heterocycles. The molecule has 0 spiro atoms. The summed E-state index contributed by atoms with van der Waals surface area (Å²) >= 11 is 0. The Morgan fingerprint density at radius 3 is 2.71 bits per heavy atom. The lowest BCUT2D eigenvalue weighted by atomic mass is 10.0. The van der Waals surface area contributed by atoms with E-state index in [-0.39, 0.29) is 24.1 Å². The molecule has 1 aliphatic heterocycles. The Bertz CT molecular complexity index is 283. The number of ether oxygens (including phenoxy) is 1. The van der Waals surface area contributed by atoms with E-state index in [0.717, 1.165) is 12.8 Å². The monoisotopic (exact) mass is 243 g/mol. The fourth-order valence-corrected chi connectivity index (χ4v) is 1.86. The molecule has 0 radical (unpaired) electrons. The van der Waals surface area contributed by atoms with E-state index in [0.29, 0.717) is 6.61 Å². The summed E-state index contributed by atoms with van der Waals surface area (Å²) in [6.45, 7) is 4.48. The second-order valence-electron chi connectivity index (χ2n) is 4.36. The van der Waals surface area contributed by atoms with Crippen LogP contribution in [0.25, 0.3) is 0 Å². The maximum atomic E-state index is 11.6. The van der Waals surface area contributed by atoms with E-state index in [1.807, 2.05) is 6.92 Å². The van der Waals surface area contributed by atoms with Crippen LogP contribution in [0.4, 0.5) is 4.79 Å². The molecule has 3 N–H and O–H groups in total. The zero-order chi connectivity index (χ0) is 12.8. The van der Waals surface area contributed by atoms with Gasteiger partial charge >= 0.3 is 6.03 Å². The van der Waals surface area contributed by atoms with Gasteiger partial charge in [-0.15, -0.1) is 0 Å². The van der Waals surface area contributed by atoms with Crippen LogP contribution in [-0.4, -0.2) is 43.8 Å². The quantitative estimate of drug-likeness (QED) is 0.651. The highest BCUT2D eigenvalue weighted by Crippen LogP contribution is 2.13. The third-order valence-electron chi connectivity index (χ3n) is 2.83. The number of urea groups is 1. The Kier molecular flexibility index (Phi) is 5.37. The topological polar surface area (TPSA) is 79.5 Å². The van der Waals surface area contributed by atoms with Crippen molar-refractivity contribution < 1.29 is 14.3 Å². The molecular formula is C11H21N3O3. The second kappa shape index (κ2) is 6.56. The van der Waals surface area contributed by atoms with Gasteiger partial charge in [0, 0.05) is 19.7 Å². The molecule has 3 atom stereocenters. The summed E-state index contributed by atoms with van der Waals surface area (Å²) in [7, 11) is 1.47. The molecule has 1 aliphatic rings. The van der Waals surface area contributed by atoms with E-state index in [4.69, 9.17) is 4.74 Å². The Morgan fingerprint density at radius 2 is 2.12 bits per heavy atom.